The third kappa shape index (κ3) is 3.55. The second-order valence-corrected chi connectivity index (χ2v) is 5.45. The molecule has 0 saturated carbocycles. The third-order valence-electron chi connectivity index (χ3n) is 3.85. The molecule has 2 aliphatic heterocycles. The van der Waals surface area contributed by atoms with Crippen molar-refractivity contribution in [3.63, 3.8) is 0 Å². The minimum Gasteiger partial charge on any atom is -0.454 e. The van der Waals surface area contributed by atoms with Crippen molar-refractivity contribution < 1.29 is 14.6 Å². The van der Waals surface area contributed by atoms with Crippen molar-refractivity contribution in [3.8, 4) is 11.5 Å². The summed E-state index contributed by atoms with van der Waals surface area (Å²) in [6, 6.07) is 3.88. The van der Waals surface area contributed by atoms with Crippen LogP contribution in [0.2, 0.25) is 5.02 Å². The molecule has 5 nitrogen and oxygen atoms in total. The Bertz CT molecular complexity index is 482. The molecule has 7 heteroatoms. The van der Waals surface area contributed by atoms with E-state index in [1.54, 1.807) is 0 Å². The van der Waals surface area contributed by atoms with Gasteiger partial charge in [0.15, 0.2) is 11.5 Å². The van der Waals surface area contributed by atoms with E-state index in [4.69, 9.17) is 21.1 Å². The fourth-order valence-corrected chi connectivity index (χ4v) is 3.12. The van der Waals surface area contributed by atoms with Crippen LogP contribution >= 0.6 is 24.0 Å². The summed E-state index contributed by atoms with van der Waals surface area (Å²) in [4.78, 5) is 2.36. The molecule has 118 valence electrons. The molecule has 0 amide bonds. The first-order chi connectivity index (χ1) is 9.79. The van der Waals surface area contributed by atoms with Crippen LogP contribution in [0.3, 0.4) is 0 Å². The smallest absolute Gasteiger partial charge is 0.231 e. The molecule has 1 aromatic carbocycles. The largest absolute Gasteiger partial charge is 0.454 e. The Labute approximate surface area is 135 Å². The molecule has 21 heavy (non-hydrogen) atoms. The zero-order valence-electron chi connectivity index (χ0n) is 11.7. The number of benzene rings is 1. The van der Waals surface area contributed by atoms with E-state index < -0.39 is 0 Å². The topological polar surface area (TPSA) is 54.0 Å². The second-order valence-electron chi connectivity index (χ2n) is 5.04. The number of hydrogen-bond acceptors (Lipinski definition) is 5. The van der Waals surface area contributed by atoms with Gasteiger partial charge in [-0.15, -0.1) is 12.4 Å². The van der Waals surface area contributed by atoms with Crippen molar-refractivity contribution in [3.05, 3.63) is 22.7 Å². The Balaban J connectivity index is 0.00000161. The van der Waals surface area contributed by atoms with Gasteiger partial charge in [-0.25, -0.2) is 0 Å². The van der Waals surface area contributed by atoms with Gasteiger partial charge in [0.05, 0.1) is 0 Å². The molecule has 2 aliphatic rings. The standard InChI is InChI=1S/C14H19ClN2O3.ClH/c15-11-8-14-13(19-9-20-14)7-10(11)12(1-6-18)17-4-2-16-3-5-17;/h7-8,12,16,18H,1-6,9H2;1H/t12-;/m0./s1. The molecule has 0 spiro atoms. The molecule has 0 aromatic heterocycles. The van der Waals surface area contributed by atoms with Gasteiger partial charge in [0, 0.05) is 49.9 Å². The molecule has 0 unspecified atom stereocenters. The fraction of sp³-hybridized carbons (Fsp3) is 0.571. The molecule has 2 N–H and O–H groups in total. The van der Waals surface area contributed by atoms with Crippen molar-refractivity contribution >= 4 is 24.0 Å². The maximum Gasteiger partial charge on any atom is 0.231 e. The van der Waals surface area contributed by atoms with Crippen molar-refractivity contribution in [2.45, 2.75) is 12.5 Å². The van der Waals surface area contributed by atoms with Gasteiger partial charge in [-0.1, -0.05) is 11.6 Å². The van der Waals surface area contributed by atoms with E-state index in [2.05, 4.69) is 10.2 Å². The fourth-order valence-electron chi connectivity index (χ4n) is 2.84. The molecular weight excluding hydrogens is 315 g/mol. The summed E-state index contributed by atoms with van der Waals surface area (Å²) in [6.45, 7) is 4.21. The van der Waals surface area contributed by atoms with Crippen molar-refractivity contribution in [1.29, 1.82) is 0 Å². The van der Waals surface area contributed by atoms with Crippen LogP contribution in [-0.2, 0) is 0 Å². The molecule has 1 atom stereocenters. The summed E-state index contributed by atoms with van der Waals surface area (Å²) in [5, 5.41) is 13.4. The van der Waals surface area contributed by atoms with Crippen molar-refractivity contribution in [2.24, 2.45) is 0 Å². The van der Waals surface area contributed by atoms with Gasteiger partial charge in [0.1, 0.15) is 0 Å². The molecule has 0 aliphatic carbocycles. The molecule has 3 rings (SSSR count). The van der Waals surface area contributed by atoms with Gasteiger partial charge in [-0.05, 0) is 18.1 Å². The van der Waals surface area contributed by atoms with E-state index in [-0.39, 0.29) is 31.8 Å². The van der Waals surface area contributed by atoms with Crippen LogP contribution < -0.4 is 14.8 Å². The molecule has 1 fully saturated rings. The van der Waals surface area contributed by atoms with Crippen LogP contribution in [-0.4, -0.2) is 49.6 Å². The van der Waals surface area contributed by atoms with Gasteiger partial charge in [-0.2, -0.15) is 0 Å². The number of nitrogens with zero attached hydrogens (tertiary/aromatic N) is 1. The lowest BCUT2D eigenvalue weighted by Crippen LogP contribution is -2.45. The lowest BCUT2D eigenvalue weighted by atomic mass is 10.0. The maximum atomic E-state index is 9.37. The summed E-state index contributed by atoms with van der Waals surface area (Å²) in [5.74, 6) is 1.43. The summed E-state index contributed by atoms with van der Waals surface area (Å²) in [6.07, 6.45) is 0.666. The van der Waals surface area contributed by atoms with Crippen LogP contribution in [0.25, 0.3) is 0 Å². The Morgan fingerprint density at radius 2 is 1.90 bits per heavy atom. The summed E-state index contributed by atoms with van der Waals surface area (Å²) < 4.78 is 10.8. The van der Waals surface area contributed by atoms with Gasteiger partial charge in [0.25, 0.3) is 0 Å². The molecule has 0 bridgehead atoms. The lowest BCUT2D eigenvalue weighted by molar-refractivity contribution is 0.141. The average molecular weight is 335 g/mol. The number of aliphatic hydroxyl groups is 1. The first-order valence-electron chi connectivity index (χ1n) is 6.94. The van der Waals surface area contributed by atoms with Gasteiger partial charge < -0.3 is 19.9 Å². The van der Waals surface area contributed by atoms with Gasteiger partial charge in [0.2, 0.25) is 6.79 Å². The Hall–Kier alpha value is -0.720. The summed E-state index contributed by atoms with van der Waals surface area (Å²) in [5.41, 5.74) is 1.01. The predicted molar refractivity (Wildman–Crippen MR) is 83.7 cm³/mol. The number of ether oxygens (including phenoxy) is 2. The number of nitrogens with one attached hydrogen (secondary N) is 1. The monoisotopic (exact) mass is 334 g/mol. The highest BCUT2D eigenvalue weighted by Crippen LogP contribution is 2.41. The minimum atomic E-state index is 0. The Kier molecular flexibility index (Phi) is 5.96. The maximum absolute atomic E-state index is 9.37. The normalized spacial score (nSPS) is 19.1. The number of fused-ring (bicyclic) bond motifs is 1. The highest BCUT2D eigenvalue weighted by atomic mass is 35.5. The number of aliphatic hydroxyl groups excluding tert-OH is 1. The first-order valence-corrected chi connectivity index (χ1v) is 7.32. The van der Waals surface area contributed by atoms with E-state index in [1.165, 1.54) is 0 Å². The van der Waals surface area contributed by atoms with Gasteiger partial charge >= 0.3 is 0 Å². The van der Waals surface area contributed by atoms with E-state index >= 15 is 0 Å². The Morgan fingerprint density at radius 1 is 1.24 bits per heavy atom. The molecule has 2 heterocycles. The minimum absolute atomic E-state index is 0. The van der Waals surface area contributed by atoms with Crippen LogP contribution in [0.5, 0.6) is 11.5 Å². The quantitative estimate of drug-likeness (QED) is 0.879. The number of rotatable bonds is 4. The van der Waals surface area contributed by atoms with Crippen molar-refractivity contribution in [1.82, 2.24) is 10.2 Å². The molecule has 1 saturated heterocycles. The average Bonchev–Trinajstić information content (AvgIpc) is 2.92. The third-order valence-corrected chi connectivity index (χ3v) is 4.17. The zero-order chi connectivity index (χ0) is 13.9. The number of halogens is 2. The van der Waals surface area contributed by atoms with Crippen molar-refractivity contribution in [2.75, 3.05) is 39.6 Å². The van der Waals surface area contributed by atoms with E-state index in [0.29, 0.717) is 17.2 Å². The molecule has 0 radical (unpaired) electrons. The zero-order valence-corrected chi connectivity index (χ0v) is 13.3. The highest BCUT2D eigenvalue weighted by molar-refractivity contribution is 6.31. The van der Waals surface area contributed by atoms with Crippen LogP contribution in [0, 0.1) is 0 Å². The first kappa shape index (κ1) is 16.6. The summed E-state index contributed by atoms with van der Waals surface area (Å²) >= 11 is 6.40. The SMILES string of the molecule is Cl.OCC[C@@H](c1cc2c(cc1Cl)OCO2)N1CCNCC1. The molecule has 1 aromatic rings. The van der Waals surface area contributed by atoms with E-state index in [9.17, 15) is 5.11 Å². The Morgan fingerprint density at radius 3 is 2.57 bits per heavy atom. The highest BCUT2D eigenvalue weighted by Gasteiger charge is 2.26. The van der Waals surface area contributed by atoms with E-state index in [0.717, 1.165) is 37.5 Å². The lowest BCUT2D eigenvalue weighted by Gasteiger charge is -2.35. The summed E-state index contributed by atoms with van der Waals surface area (Å²) in [7, 11) is 0. The predicted octanol–water partition coefficient (Wildman–Crippen LogP) is 1.82. The van der Waals surface area contributed by atoms with Crippen LogP contribution in [0.1, 0.15) is 18.0 Å². The van der Waals surface area contributed by atoms with Crippen LogP contribution in [0.15, 0.2) is 12.1 Å². The molecular formula is C14H20Cl2N2O3. The van der Waals surface area contributed by atoms with Gasteiger partial charge in [-0.3, -0.25) is 4.90 Å². The van der Waals surface area contributed by atoms with Crippen LogP contribution in [0.4, 0.5) is 0 Å². The number of hydrogen-bond donors (Lipinski definition) is 2. The number of piperazine rings is 1. The second kappa shape index (κ2) is 7.51. The van der Waals surface area contributed by atoms with E-state index in [1.807, 2.05) is 12.1 Å².